The van der Waals surface area contributed by atoms with Crippen LogP contribution in [0, 0.1) is 0 Å². The fraction of sp³-hybridized carbons (Fsp3) is 0.900. The summed E-state index contributed by atoms with van der Waals surface area (Å²) in [5, 5.41) is 3.31. The molecule has 1 rings (SSSR count). The van der Waals surface area contributed by atoms with Crippen molar-refractivity contribution in [2.45, 2.75) is 12.5 Å². The van der Waals surface area contributed by atoms with Gasteiger partial charge >= 0.3 is 0 Å². The number of carbonyl (C=O) groups excluding carboxylic acids is 1. The molecule has 1 fully saturated rings. The number of piperazine rings is 1. The van der Waals surface area contributed by atoms with E-state index in [2.05, 4.69) is 10.2 Å². The van der Waals surface area contributed by atoms with E-state index < -0.39 is 0 Å². The van der Waals surface area contributed by atoms with Gasteiger partial charge < -0.3 is 16.0 Å². The summed E-state index contributed by atoms with van der Waals surface area (Å²) < 4.78 is 0. The third-order valence-corrected chi connectivity index (χ3v) is 2.86. The van der Waals surface area contributed by atoms with Gasteiger partial charge in [0.25, 0.3) is 0 Å². The molecule has 1 saturated heterocycles. The molecule has 0 spiro atoms. The lowest BCUT2D eigenvalue weighted by molar-refractivity contribution is -0.129. The molecule has 0 bridgehead atoms. The number of nitrogens with one attached hydrogen (secondary N) is 1. The molecule has 1 heterocycles. The highest BCUT2D eigenvalue weighted by Crippen LogP contribution is 2.03. The average Bonchev–Trinajstić information content (AvgIpc) is 2.26. The van der Waals surface area contributed by atoms with Gasteiger partial charge in [-0.3, -0.25) is 9.69 Å². The van der Waals surface area contributed by atoms with Gasteiger partial charge in [-0.05, 0) is 0 Å². The molecule has 5 nitrogen and oxygen atoms in total. The van der Waals surface area contributed by atoms with Crippen LogP contribution in [-0.4, -0.2) is 68.6 Å². The summed E-state index contributed by atoms with van der Waals surface area (Å²) >= 11 is 0. The zero-order chi connectivity index (χ0) is 11.3. The van der Waals surface area contributed by atoms with E-state index >= 15 is 0 Å². The van der Waals surface area contributed by atoms with Crippen LogP contribution in [0.2, 0.25) is 0 Å². The van der Waals surface area contributed by atoms with Crippen molar-refractivity contribution >= 4 is 5.91 Å². The van der Waals surface area contributed by atoms with E-state index in [4.69, 9.17) is 5.73 Å². The van der Waals surface area contributed by atoms with E-state index in [1.807, 2.05) is 0 Å². The molecule has 5 heteroatoms. The largest absolute Gasteiger partial charge is 0.349 e. The first-order chi connectivity index (χ1) is 7.15. The number of carbonyl (C=O) groups is 1. The van der Waals surface area contributed by atoms with Crippen LogP contribution in [0.4, 0.5) is 0 Å². The van der Waals surface area contributed by atoms with Crippen molar-refractivity contribution in [3.63, 3.8) is 0 Å². The minimum absolute atomic E-state index is 0.185. The van der Waals surface area contributed by atoms with Crippen LogP contribution >= 0.6 is 0 Å². The Bertz CT molecular complexity index is 208. The third kappa shape index (κ3) is 3.77. The summed E-state index contributed by atoms with van der Waals surface area (Å²) in [6.07, 6.45) is 0.587. The van der Waals surface area contributed by atoms with E-state index in [0.29, 0.717) is 19.0 Å². The number of hydrogen-bond donors (Lipinski definition) is 2. The van der Waals surface area contributed by atoms with E-state index in [9.17, 15) is 4.79 Å². The van der Waals surface area contributed by atoms with Crippen LogP contribution < -0.4 is 11.1 Å². The van der Waals surface area contributed by atoms with Crippen molar-refractivity contribution in [3.05, 3.63) is 0 Å². The quantitative estimate of drug-likeness (QED) is 0.610. The van der Waals surface area contributed by atoms with Crippen molar-refractivity contribution in [2.24, 2.45) is 5.73 Å². The SMILES string of the molecule is CN(C)C(=O)CCN1CCNCC1CN. The Morgan fingerprint density at radius 1 is 1.60 bits per heavy atom. The van der Waals surface area contributed by atoms with E-state index in [1.54, 1.807) is 19.0 Å². The summed E-state index contributed by atoms with van der Waals surface area (Å²) in [7, 11) is 3.58. The van der Waals surface area contributed by atoms with Crippen LogP contribution in [0.25, 0.3) is 0 Å². The molecule has 0 aliphatic carbocycles. The molecule has 1 atom stereocenters. The highest BCUT2D eigenvalue weighted by atomic mass is 16.2. The van der Waals surface area contributed by atoms with Crippen molar-refractivity contribution in [2.75, 3.05) is 46.8 Å². The smallest absolute Gasteiger partial charge is 0.223 e. The van der Waals surface area contributed by atoms with Gasteiger partial charge in [0.1, 0.15) is 0 Å². The van der Waals surface area contributed by atoms with Crippen LogP contribution in [0.3, 0.4) is 0 Å². The zero-order valence-corrected chi connectivity index (χ0v) is 9.70. The molecule has 0 radical (unpaired) electrons. The predicted molar refractivity (Wildman–Crippen MR) is 60.6 cm³/mol. The molecule has 0 aromatic rings. The predicted octanol–water partition coefficient (Wildman–Crippen LogP) is -1.30. The first kappa shape index (κ1) is 12.4. The maximum Gasteiger partial charge on any atom is 0.223 e. The molecule has 0 aromatic heterocycles. The van der Waals surface area contributed by atoms with Crippen molar-refractivity contribution in [3.8, 4) is 0 Å². The first-order valence-corrected chi connectivity index (χ1v) is 5.50. The number of rotatable bonds is 4. The average molecular weight is 214 g/mol. The number of hydrogen-bond acceptors (Lipinski definition) is 4. The second-order valence-corrected chi connectivity index (χ2v) is 4.17. The molecule has 3 N–H and O–H groups in total. The topological polar surface area (TPSA) is 61.6 Å². The Kier molecular flexibility index (Phi) is 5.01. The first-order valence-electron chi connectivity index (χ1n) is 5.50. The summed E-state index contributed by atoms with van der Waals surface area (Å²) in [4.78, 5) is 15.4. The van der Waals surface area contributed by atoms with Gasteiger partial charge in [-0.1, -0.05) is 0 Å². The van der Waals surface area contributed by atoms with Crippen LogP contribution in [0.15, 0.2) is 0 Å². The minimum atomic E-state index is 0.185. The van der Waals surface area contributed by atoms with E-state index in [-0.39, 0.29) is 5.91 Å². The van der Waals surface area contributed by atoms with Crippen molar-refractivity contribution in [1.29, 1.82) is 0 Å². The molecular weight excluding hydrogens is 192 g/mol. The normalized spacial score (nSPS) is 22.7. The second kappa shape index (κ2) is 6.05. The minimum Gasteiger partial charge on any atom is -0.349 e. The lowest BCUT2D eigenvalue weighted by atomic mass is 10.2. The molecule has 1 unspecified atom stereocenters. The van der Waals surface area contributed by atoms with Gasteiger partial charge in [-0.15, -0.1) is 0 Å². The Labute approximate surface area is 91.6 Å². The van der Waals surface area contributed by atoms with Crippen molar-refractivity contribution in [1.82, 2.24) is 15.1 Å². The Balaban J connectivity index is 2.32. The van der Waals surface area contributed by atoms with Gasteiger partial charge in [0.15, 0.2) is 0 Å². The van der Waals surface area contributed by atoms with E-state index in [0.717, 1.165) is 26.2 Å². The zero-order valence-electron chi connectivity index (χ0n) is 9.70. The fourth-order valence-corrected chi connectivity index (χ4v) is 1.79. The monoisotopic (exact) mass is 214 g/mol. The number of amides is 1. The van der Waals surface area contributed by atoms with Gasteiger partial charge in [-0.2, -0.15) is 0 Å². The maximum absolute atomic E-state index is 11.4. The molecule has 1 aliphatic rings. The Morgan fingerprint density at radius 3 is 2.93 bits per heavy atom. The molecule has 1 amide bonds. The third-order valence-electron chi connectivity index (χ3n) is 2.86. The molecular formula is C10H22N4O. The second-order valence-electron chi connectivity index (χ2n) is 4.17. The van der Waals surface area contributed by atoms with Gasteiger partial charge in [0, 0.05) is 59.3 Å². The summed E-state index contributed by atoms with van der Waals surface area (Å²) in [6, 6.07) is 0.383. The van der Waals surface area contributed by atoms with Crippen LogP contribution in [0.1, 0.15) is 6.42 Å². The Morgan fingerprint density at radius 2 is 2.33 bits per heavy atom. The fourth-order valence-electron chi connectivity index (χ4n) is 1.79. The lowest BCUT2D eigenvalue weighted by Gasteiger charge is -2.35. The number of nitrogens with two attached hydrogens (primary N) is 1. The van der Waals surface area contributed by atoms with E-state index in [1.165, 1.54) is 0 Å². The van der Waals surface area contributed by atoms with Gasteiger partial charge in [0.2, 0.25) is 5.91 Å². The summed E-state index contributed by atoms with van der Waals surface area (Å²) in [5.74, 6) is 0.185. The van der Waals surface area contributed by atoms with Crippen molar-refractivity contribution < 1.29 is 4.79 Å². The highest BCUT2D eigenvalue weighted by molar-refractivity contribution is 5.75. The van der Waals surface area contributed by atoms with Gasteiger partial charge in [0.05, 0.1) is 0 Å². The molecule has 1 aliphatic heterocycles. The molecule has 15 heavy (non-hydrogen) atoms. The summed E-state index contributed by atoms with van der Waals surface area (Å²) in [6.45, 7) is 4.39. The number of nitrogens with zero attached hydrogens (tertiary/aromatic N) is 2. The summed E-state index contributed by atoms with van der Waals surface area (Å²) in [5.41, 5.74) is 5.68. The molecule has 0 aromatic carbocycles. The van der Waals surface area contributed by atoms with Gasteiger partial charge in [-0.25, -0.2) is 0 Å². The lowest BCUT2D eigenvalue weighted by Crippen LogP contribution is -2.54. The Hall–Kier alpha value is -0.650. The highest BCUT2D eigenvalue weighted by Gasteiger charge is 2.21. The van der Waals surface area contributed by atoms with Crippen LogP contribution in [-0.2, 0) is 4.79 Å². The molecule has 88 valence electrons. The van der Waals surface area contributed by atoms with Crippen LogP contribution in [0.5, 0.6) is 0 Å². The molecule has 0 saturated carbocycles. The maximum atomic E-state index is 11.4. The standard InChI is InChI=1S/C10H22N4O/c1-13(2)10(15)3-5-14-6-4-12-8-9(14)7-11/h9,12H,3-8,11H2,1-2H3.